The number of carbonyl (C=O) groups is 1. The highest BCUT2D eigenvalue weighted by Crippen LogP contribution is 2.21. The third-order valence-corrected chi connectivity index (χ3v) is 3.47. The van der Waals surface area contributed by atoms with Gasteiger partial charge in [-0.2, -0.15) is 0 Å². The van der Waals surface area contributed by atoms with Crippen LogP contribution < -0.4 is 15.5 Å². The van der Waals surface area contributed by atoms with E-state index in [9.17, 15) is 9.18 Å². The van der Waals surface area contributed by atoms with Crippen LogP contribution in [0, 0.1) is 5.82 Å². The van der Waals surface area contributed by atoms with Crippen molar-refractivity contribution in [1.82, 2.24) is 10.8 Å². The number of benzene rings is 1. The Morgan fingerprint density at radius 2 is 2.04 bits per heavy atom. The molecular weight excluding hydrogens is 346 g/mol. The Bertz CT molecular complexity index is 633. The minimum atomic E-state index is -0.529. The zero-order chi connectivity index (χ0) is 17.4. The molecule has 0 aliphatic rings. The van der Waals surface area contributed by atoms with Crippen LogP contribution in [0.3, 0.4) is 0 Å². The Hall–Kier alpha value is -1.76. The molecule has 0 unspecified atom stereocenters. The normalized spacial score (nSPS) is 12.5. The topological polar surface area (TPSA) is 59.6 Å². The van der Waals surface area contributed by atoms with Crippen LogP contribution in [0.2, 0.25) is 0 Å². The van der Waals surface area contributed by atoms with Crippen molar-refractivity contribution < 1.29 is 18.8 Å². The van der Waals surface area contributed by atoms with Crippen LogP contribution in [0.5, 0.6) is 5.75 Å². The van der Waals surface area contributed by atoms with Crippen molar-refractivity contribution in [3.63, 3.8) is 0 Å². The number of allylic oxidation sites excluding steroid dienone is 1. The summed E-state index contributed by atoms with van der Waals surface area (Å²) in [5.41, 5.74) is 2.93. The maximum absolute atomic E-state index is 13.6. The van der Waals surface area contributed by atoms with Gasteiger partial charge < -0.3 is 10.1 Å². The summed E-state index contributed by atoms with van der Waals surface area (Å²) in [5.74, 6) is -0.913. The number of hydrogen-bond donors (Lipinski definition) is 2. The molecule has 1 amide bonds. The Kier molecular flexibility index (Phi) is 7.88. The van der Waals surface area contributed by atoms with Gasteiger partial charge in [0.25, 0.3) is 5.91 Å². The van der Waals surface area contributed by atoms with Gasteiger partial charge in [-0.25, -0.2) is 4.39 Å². The predicted octanol–water partition coefficient (Wildman–Crippen LogP) is 3.19. The van der Waals surface area contributed by atoms with Crippen LogP contribution in [-0.2, 0) is 16.2 Å². The van der Waals surface area contributed by atoms with Gasteiger partial charge in [0.15, 0.2) is 11.6 Å². The lowest BCUT2D eigenvalue weighted by Crippen LogP contribution is -2.27. The molecule has 0 fully saturated rings. The van der Waals surface area contributed by atoms with E-state index in [0.717, 1.165) is 0 Å². The second kappa shape index (κ2) is 9.39. The van der Waals surface area contributed by atoms with E-state index in [4.69, 9.17) is 27.9 Å². The maximum atomic E-state index is 13.6. The summed E-state index contributed by atoms with van der Waals surface area (Å²) in [6.45, 7) is 1.75. The van der Waals surface area contributed by atoms with E-state index < -0.39 is 11.7 Å². The standard InChI is InChI=1S/C15H17Cl2FN2O3/c1-4-10(16)13(14(17)20-23-3)15(21)19-8-9-5-6-12(22-2)11(18)7-9/h4-7,20H,8H2,1-3H3,(H,19,21)/b10-4+,14-13+. The Morgan fingerprint density at radius 1 is 1.35 bits per heavy atom. The molecule has 0 bridgehead atoms. The van der Waals surface area contributed by atoms with Crippen molar-refractivity contribution in [1.29, 1.82) is 0 Å². The lowest BCUT2D eigenvalue weighted by Gasteiger charge is -2.12. The molecule has 0 radical (unpaired) electrons. The van der Waals surface area contributed by atoms with Crippen LogP contribution in [0.15, 0.2) is 40.0 Å². The quantitative estimate of drug-likeness (QED) is 0.338. The first kappa shape index (κ1) is 19.3. The number of amides is 1. The highest BCUT2D eigenvalue weighted by Gasteiger charge is 2.18. The van der Waals surface area contributed by atoms with E-state index in [0.29, 0.717) is 5.56 Å². The van der Waals surface area contributed by atoms with E-state index in [-0.39, 0.29) is 28.1 Å². The average Bonchev–Trinajstić information content (AvgIpc) is 2.53. The van der Waals surface area contributed by atoms with Gasteiger partial charge in [0.1, 0.15) is 5.16 Å². The summed E-state index contributed by atoms with van der Waals surface area (Å²) in [7, 11) is 2.72. The van der Waals surface area contributed by atoms with Gasteiger partial charge in [-0.1, -0.05) is 35.3 Å². The molecule has 23 heavy (non-hydrogen) atoms. The summed E-state index contributed by atoms with van der Waals surface area (Å²) in [6.07, 6.45) is 1.52. The van der Waals surface area contributed by atoms with Crippen LogP contribution >= 0.6 is 23.2 Å². The number of methoxy groups -OCH3 is 1. The molecule has 2 N–H and O–H groups in total. The minimum absolute atomic E-state index is 0.0201. The second-order valence-corrected chi connectivity index (χ2v) is 5.07. The molecule has 0 aliphatic heterocycles. The van der Waals surface area contributed by atoms with E-state index in [2.05, 4.69) is 15.6 Å². The van der Waals surface area contributed by atoms with E-state index in [1.165, 1.54) is 32.4 Å². The first-order valence-electron chi connectivity index (χ1n) is 6.56. The molecule has 126 valence electrons. The van der Waals surface area contributed by atoms with Crippen molar-refractivity contribution in [2.75, 3.05) is 14.2 Å². The van der Waals surface area contributed by atoms with Gasteiger partial charge in [0, 0.05) is 6.54 Å². The molecule has 0 heterocycles. The minimum Gasteiger partial charge on any atom is -0.494 e. The van der Waals surface area contributed by atoms with E-state index in [1.807, 2.05) is 0 Å². The first-order chi connectivity index (χ1) is 10.9. The van der Waals surface area contributed by atoms with Gasteiger partial charge in [0.2, 0.25) is 0 Å². The van der Waals surface area contributed by atoms with Crippen LogP contribution in [0.4, 0.5) is 4.39 Å². The SMILES string of the molecule is C/C=C(Cl)\C(C(=O)NCc1ccc(OC)c(F)c1)=C(\Cl)NOC. The number of hydrogen-bond acceptors (Lipinski definition) is 4. The van der Waals surface area contributed by atoms with Gasteiger partial charge in [0.05, 0.1) is 24.8 Å². The average molecular weight is 363 g/mol. The predicted molar refractivity (Wildman–Crippen MR) is 87.4 cm³/mol. The third kappa shape index (κ3) is 5.42. The lowest BCUT2D eigenvalue weighted by atomic mass is 10.2. The summed E-state index contributed by atoms with van der Waals surface area (Å²) >= 11 is 11.9. The fraction of sp³-hybridized carbons (Fsp3) is 0.267. The molecule has 0 saturated heterocycles. The van der Waals surface area contributed by atoms with Crippen LogP contribution in [0.25, 0.3) is 0 Å². The van der Waals surface area contributed by atoms with Crippen molar-refractivity contribution in [3.05, 3.63) is 51.4 Å². The summed E-state index contributed by atoms with van der Waals surface area (Å²) in [5, 5.41) is 2.70. The smallest absolute Gasteiger partial charge is 0.256 e. The Balaban J connectivity index is 2.88. The van der Waals surface area contributed by atoms with Crippen LogP contribution in [0.1, 0.15) is 12.5 Å². The number of rotatable bonds is 7. The highest BCUT2D eigenvalue weighted by atomic mass is 35.5. The van der Waals surface area contributed by atoms with Crippen LogP contribution in [-0.4, -0.2) is 20.1 Å². The molecule has 1 aromatic carbocycles. The number of carbonyl (C=O) groups excluding carboxylic acids is 1. The maximum Gasteiger partial charge on any atom is 0.256 e. The van der Waals surface area contributed by atoms with Crippen molar-refractivity contribution >= 4 is 29.1 Å². The molecule has 0 aliphatic carbocycles. The Morgan fingerprint density at radius 3 is 2.57 bits per heavy atom. The number of nitrogens with one attached hydrogen (secondary N) is 2. The molecule has 0 atom stereocenters. The van der Waals surface area contributed by atoms with Gasteiger partial charge >= 0.3 is 0 Å². The molecule has 0 aromatic heterocycles. The zero-order valence-electron chi connectivity index (χ0n) is 12.9. The van der Waals surface area contributed by atoms with Gasteiger partial charge in [-0.15, -0.1) is 0 Å². The van der Waals surface area contributed by atoms with Crippen molar-refractivity contribution in [2.45, 2.75) is 13.5 Å². The summed E-state index contributed by atoms with van der Waals surface area (Å²) in [4.78, 5) is 16.9. The number of halogens is 3. The summed E-state index contributed by atoms with van der Waals surface area (Å²) < 4.78 is 18.5. The number of ether oxygens (including phenoxy) is 1. The molecule has 0 spiro atoms. The van der Waals surface area contributed by atoms with Crippen molar-refractivity contribution in [3.8, 4) is 5.75 Å². The lowest BCUT2D eigenvalue weighted by molar-refractivity contribution is -0.117. The highest BCUT2D eigenvalue weighted by molar-refractivity contribution is 6.39. The molecule has 0 saturated carbocycles. The fourth-order valence-electron chi connectivity index (χ4n) is 1.69. The monoisotopic (exact) mass is 362 g/mol. The van der Waals surface area contributed by atoms with Gasteiger partial charge in [-0.05, 0) is 24.6 Å². The molecule has 8 heteroatoms. The molecule has 1 rings (SSSR count). The second-order valence-electron chi connectivity index (χ2n) is 4.28. The van der Waals surface area contributed by atoms with E-state index in [1.54, 1.807) is 13.0 Å². The first-order valence-corrected chi connectivity index (χ1v) is 7.31. The fourth-order valence-corrected chi connectivity index (χ4v) is 2.18. The van der Waals surface area contributed by atoms with E-state index >= 15 is 0 Å². The molecular formula is C15H17Cl2FN2O3. The summed E-state index contributed by atoms with van der Waals surface area (Å²) in [6, 6.07) is 4.39. The third-order valence-electron chi connectivity index (χ3n) is 2.80. The number of hydroxylamine groups is 1. The molecule has 5 nitrogen and oxygen atoms in total. The zero-order valence-corrected chi connectivity index (χ0v) is 14.4. The Labute approximate surface area is 144 Å². The van der Waals surface area contributed by atoms with Crippen molar-refractivity contribution in [2.24, 2.45) is 0 Å². The van der Waals surface area contributed by atoms with Gasteiger partial charge in [-0.3, -0.25) is 15.1 Å². The largest absolute Gasteiger partial charge is 0.494 e. The molecule has 1 aromatic rings.